The summed E-state index contributed by atoms with van der Waals surface area (Å²) in [6, 6.07) is 9.31. The molecule has 0 spiro atoms. The van der Waals surface area contributed by atoms with E-state index in [-0.39, 0.29) is 17.8 Å². The highest BCUT2D eigenvalue weighted by molar-refractivity contribution is 7.98. The second-order valence-corrected chi connectivity index (χ2v) is 8.47. The lowest BCUT2D eigenvalue weighted by atomic mass is 10.0. The van der Waals surface area contributed by atoms with Gasteiger partial charge in [0.05, 0.1) is 23.5 Å². The smallest absolute Gasteiger partial charge is 0.405 e. The minimum atomic E-state index is -4.61. The van der Waals surface area contributed by atoms with Gasteiger partial charge in [-0.3, -0.25) is 24.1 Å². The van der Waals surface area contributed by atoms with Gasteiger partial charge in [0.15, 0.2) is 0 Å². The first-order chi connectivity index (χ1) is 17.1. The van der Waals surface area contributed by atoms with Crippen LogP contribution in [0.25, 0.3) is 5.69 Å². The minimum absolute atomic E-state index is 0.0373. The molecule has 0 atom stereocenters. The van der Waals surface area contributed by atoms with Gasteiger partial charge in [-0.1, -0.05) is 6.07 Å². The number of carbonyl (C=O) groups excluding carboxylic acids is 1. The fourth-order valence-corrected chi connectivity index (χ4v) is 3.90. The third kappa shape index (κ3) is 5.85. The van der Waals surface area contributed by atoms with E-state index in [4.69, 9.17) is 5.73 Å². The molecule has 0 aliphatic carbocycles. The normalized spacial score (nSPS) is 12.2. The molecule has 0 bridgehead atoms. The van der Waals surface area contributed by atoms with Crippen LogP contribution in [0.3, 0.4) is 0 Å². The summed E-state index contributed by atoms with van der Waals surface area (Å²) >= 11 is 1.52. The molecule has 0 aliphatic heterocycles. The molecular weight excluding hydrogens is 491 g/mol. The van der Waals surface area contributed by atoms with Crippen LogP contribution in [-0.4, -0.2) is 34.5 Å². The number of hydrogen-bond donors (Lipinski definition) is 2. The van der Waals surface area contributed by atoms with E-state index < -0.39 is 23.2 Å². The molecule has 0 saturated heterocycles. The number of nitrogens with one attached hydrogen (secondary N) is 1. The number of allylic oxidation sites excluding steroid dienone is 1. The number of carbonyl (C=O) groups is 1. The van der Waals surface area contributed by atoms with Crippen molar-refractivity contribution in [2.24, 2.45) is 10.7 Å². The van der Waals surface area contributed by atoms with Crippen molar-refractivity contribution in [3.05, 3.63) is 99.4 Å². The predicted octanol–water partition coefficient (Wildman–Crippen LogP) is 4.10. The molecule has 188 valence electrons. The Kier molecular flexibility index (Phi) is 8.36. The molecule has 3 N–H and O–H groups in total. The van der Waals surface area contributed by atoms with Crippen molar-refractivity contribution >= 4 is 23.4 Å². The summed E-state index contributed by atoms with van der Waals surface area (Å²) in [7, 11) is 1.50. The molecule has 7 nitrogen and oxygen atoms in total. The summed E-state index contributed by atoms with van der Waals surface area (Å²) in [6.45, 7) is 1.61. The molecule has 0 saturated carbocycles. The first kappa shape index (κ1) is 26.7. The number of benzene rings is 1. The van der Waals surface area contributed by atoms with Gasteiger partial charge in [0, 0.05) is 35.1 Å². The summed E-state index contributed by atoms with van der Waals surface area (Å²) < 4.78 is 41.2. The van der Waals surface area contributed by atoms with E-state index in [1.807, 2.05) is 12.3 Å². The Morgan fingerprint density at radius 3 is 2.56 bits per heavy atom. The summed E-state index contributed by atoms with van der Waals surface area (Å²) in [5.41, 5.74) is 5.12. The number of hydrogen-bond acceptors (Lipinski definition) is 6. The molecule has 36 heavy (non-hydrogen) atoms. The first-order valence-corrected chi connectivity index (χ1v) is 11.9. The lowest BCUT2D eigenvalue weighted by molar-refractivity contribution is -0.137. The standard InChI is InChI=1S/C25H24F3N5O2S/c1-15-20(22(30-2)9-10-29)12-21(23(34)32-13-17-7-8-19(36-3)14-31-17)24(35)33(15)18-6-4-5-16(11-18)25(26,27)28/h4-12,14H,13,29H2,1-3H3,(H,32,34). The Bertz CT molecular complexity index is 1380. The van der Waals surface area contributed by atoms with Crippen LogP contribution in [0.2, 0.25) is 0 Å². The Morgan fingerprint density at radius 1 is 1.22 bits per heavy atom. The van der Waals surface area contributed by atoms with Crippen LogP contribution in [-0.2, 0) is 12.7 Å². The number of halogens is 3. The van der Waals surface area contributed by atoms with Gasteiger partial charge < -0.3 is 11.1 Å². The zero-order valence-corrected chi connectivity index (χ0v) is 20.6. The SMILES string of the molecule is CN=C(C=CN)c1cc(C(=O)NCc2ccc(SC)cn2)c(=O)n(-c2cccc(C(F)(F)F)c2)c1C. The minimum Gasteiger partial charge on any atom is -0.405 e. The summed E-state index contributed by atoms with van der Waals surface area (Å²) in [6.07, 6.45) is 1.69. The third-order valence-electron chi connectivity index (χ3n) is 5.36. The van der Waals surface area contributed by atoms with E-state index in [9.17, 15) is 22.8 Å². The Hall–Kier alpha value is -3.86. The van der Waals surface area contributed by atoms with Gasteiger partial charge in [-0.05, 0) is 61.9 Å². The molecule has 0 fully saturated rings. The van der Waals surface area contributed by atoms with Crippen molar-refractivity contribution in [1.29, 1.82) is 0 Å². The molecule has 0 aliphatic rings. The third-order valence-corrected chi connectivity index (χ3v) is 6.07. The lowest BCUT2D eigenvalue weighted by Gasteiger charge is -2.18. The number of alkyl halides is 3. The number of aromatic nitrogens is 2. The molecule has 0 unspecified atom stereocenters. The van der Waals surface area contributed by atoms with Gasteiger partial charge in [0.1, 0.15) is 5.56 Å². The zero-order chi connectivity index (χ0) is 26.5. The summed E-state index contributed by atoms with van der Waals surface area (Å²) in [5.74, 6) is -0.704. The first-order valence-electron chi connectivity index (χ1n) is 10.7. The van der Waals surface area contributed by atoms with Crippen molar-refractivity contribution in [2.45, 2.75) is 24.5 Å². The van der Waals surface area contributed by atoms with E-state index in [1.165, 1.54) is 49.3 Å². The Morgan fingerprint density at radius 2 is 1.97 bits per heavy atom. The average Bonchev–Trinajstić information content (AvgIpc) is 2.86. The Balaban J connectivity index is 2.13. The fourth-order valence-electron chi connectivity index (χ4n) is 3.54. The molecule has 1 aromatic carbocycles. The summed E-state index contributed by atoms with van der Waals surface area (Å²) in [4.78, 5) is 35.9. The average molecular weight is 516 g/mol. The van der Waals surface area contributed by atoms with Crippen LogP contribution in [0.15, 0.2) is 75.6 Å². The van der Waals surface area contributed by atoms with Gasteiger partial charge in [-0.15, -0.1) is 11.8 Å². The Labute approximate surface area is 210 Å². The van der Waals surface area contributed by atoms with Crippen molar-refractivity contribution in [1.82, 2.24) is 14.9 Å². The second-order valence-electron chi connectivity index (χ2n) is 7.59. The zero-order valence-electron chi connectivity index (χ0n) is 19.8. The van der Waals surface area contributed by atoms with E-state index in [0.29, 0.717) is 22.7 Å². The van der Waals surface area contributed by atoms with Crippen LogP contribution in [0, 0.1) is 6.92 Å². The van der Waals surface area contributed by atoms with E-state index in [1.54, 1.807) is 19.2 Å². The molecule has 2 aromatic heterocycles. The van der Waals surface area contributed by atoms with E-state index >= 15 is 0 Å². The van der Waals surface area contributed by atoms with Gasteiger partial charge in [0.2, 0.25) is 0 Å². The molecule has 11 heteroatoms. The fraction of sp³-hybridized carbons (Fsp3) is 0.200. The van der Waals surface area contributed by atoms with Crippen molar-refractivity contribution < 1.29 is 18.0 Å². The number of nitrogens with two attached hydrogens (primary N) is 1. The van der Waals surface area contributed by atoms with Crippen molar-refractivity contribution in [2.75, 3.05) is 13.3 Å². The molecule has 1 amide bonds. The van der Waals surface area contributed by atoms with Gasteiger partial charge in [-0.2, -0.15) is 13.2 Å². The van der Waals surface area contributed by atoms with Crippen LogP contribution in [0.4, 0.5) is 13.2 Å². The maximum absolute atomic E-state index is 13.4. The molecule has 2 heterocycles. The molecule has 0 radical (unpaired) electrons. The van der Waals surface area contributed by atoms with Crippen LogP contribution in [0.1, 0.15) is 32.9 Å². The number of rotatable bonds is 7. The molecule has 3 rings (SSSR count). The quantitative estimate of drug-likeness (QED) is 0.364. The number of thioether (sulfide) groups is 1. The number of aliphatic imine (C=N–C) groups is 1. The monoisotopic (exact) mass is 515 g/mol. The topological polar surface area (TPSA) is 102 Å². The highest BCUT2D eigenvalue weighted by atomic mass is 32.2. The number of amides is 1. The van der Waals surface area contributed by atoms with Crippen molar-refractivity contribution in [3.63, 3.8) is 0 Å². The van der Waals surface area contributed by atoms with Crippen molar-refractivity contribution in [3.8, 4) is 5.69 Å². The maximum Gasteiger partial charge on any atom is 0.416 e. The molecular formula is C25H24F3N5O2S. The maximum atomic E-state index is 13.4. The highest BCUT2D eigenvalue weighted by Crippen LogP contribution is 2.30. The second kappa shape index (κ2) is 11.3. The highest BCUT2D eigenvalue weighted by Gasteiger charge is 2.31. The number of pyridine rings is 2. The largest absolute Gasteiger partial charge is 0.416 e. The van der Waals surface area contributed by atoms with Crippen LogP contribution < -0.4 is 16.6 Å². The van der Waals surface area contributed by atoms with Crippen LogP contribution in [0.5, 0.6) is 0 Å². The van der Waals surface area contributed by atoms with Crippen LogP contribution >= 0.6 is 11.8 Å². The predicted molar refractivity (Wildman–Crippen MR) is 135 cm³/mol. The lowest BCUT2D eigenvalue weighted by Crippen LogP contribution is -2.34. The van der Waals surface area contributed by atoms with Gasteiger partial charge >= 0.3 is 6.18 Å². The van der Waals surface area contributed by atoms with Gasteiger partial charge in [-0.25, -0.2) is 0 Å². The summed E-state index contributed by atoms with van der Waals surface area (Å²) in [5, 5.41) is 2.66. The van der Waals surface area contributed by atoms with E-state index in [2.05, 4.69) is 15.3 Å². The van der Waals surface area contributed by atoms with E-state index in [0.717, 1.165) is 21.6 Å². The van der Waals surface area contributed by atoms with Gasteiger partial charge in [0.25, 0.3) is 11.5 Å². The number of nitrogens with zero attached hydrogens (tertiary/aromatic N) is 3. The molecule has 3 aromatic rings.